The molecule has 0 fully saturated rings. The molecule has 2 unspecified atom stereocenters. The van der Waals surface area contributed by atoms with Crippen molar-refractivity contribution in [1.29, 1.82) is 0 Å². The quantitative estimate of drug-likeness (QED) is 0.158. The van der Waals surface area contributed by atoms with Gasteiger partial charge in [-0.1, -0.05) is 6.58 Å². The van der Waals surface area contributed by atoms with Crippen LogP contribution in [-0.2, 0) is 25.0 Å². The number of carbonyl (C=O) groups is 1. The minimum Gasteiger partial charge on any atom is -0.748 e. The van der Waals surface area contributed by atoms with Gasteiger partial charge in [-0.2, -0.15) is 0 Å². The fraction of sp³-hybridized carbons (Fsp3) is 0.857. The molecular weight excluding hydrogens is 470 g/mol. The number of quaternary nitrogens is 2. The molecule has 0 aliphatic carbocycles. The molecule has 0 aromatic heterocycles. The summed E-state index contributed by atoms with van der Waals surface area (Å²) < 4.78 is 66.5. The summed E-state index contributed by atoms with van der Waals surface area (Å²) >= 11 is 0. The molecule has 1 amide bonds. The lowest BCUT2D eigenvalue weighted by molar-refractivity contribution is -0.913. The van der Waals surface area contributed by atoms with Gasteiger partial charge < -0.3 is 23.0 Å². The van der Waals surface area contributed by atoms with Gasteiger partial charge in [-0.3, -0.25) is 4.79 Å². The highest BCUT2D eigenvalue weighted by Crippen LogP contribution is 2.15. The largest absolute Gasteiger partial charge is 0.748 e. The first-order valence-electron chi connectivity index (χ1n) is 11.2. The van der Waals surface area contributed by atoms with Crippen molar-refractivity contribution in [3.63, 3.8) is 0 Å². The molecule has 0 N–H and O–H groups in total. The fourth-order valence-corrected chi connectivity index (χ4v) is 4.83. The Balaban J connectivity index is 4.76. The molecule has 0 heterocycles. The molecule has 0 aromatic rings. The van der Waals surface area contributed by atoms with Crippen LogP contribution in [0.15, 0.2) is 12.7 Å². The van der Waals surface area contributed by atoms with Gasteiger partial charge in [-0.05, 0) is 19.9 Å². The smallest absolute Gasteiger partial charge is 0.245 e. The van der Waals surface area contributed by atoms with Gasteiger partial charge in [0.25, 0.3) is 0 Å². The van der Waals surface area contributed by atoms with E-state index >= 15 is 0 Å². The van der Waals surface area contributed by atoms with Crippen LogP contribution in [0.2, 0.25) is 0 Å². The molecule has 0 spiro atoms. The van der Waals surface area contributed by atoms with Crippen molar-refractivity contribution in [3.05, 3.63) is 12.7 Å². The van der Waals surface area contributed by atoms with Crippen molar-refractivity contribution in [2.75, 3.05) is 65.9 Å². The van der Waals surface area contributed by atoms with Crippen LogP contribution in [0.3, 0.4) is 0 Å². The van der Waals surface area contributed by atoms with E-state index in [9.17, 15) is 30.7 Å². The highest BCUT2D eigenvalue weighted by Gasteiger charge is 2.26. The molecule has 10 nitrogen and oxygen atoms in total. The first-order chi connectivity index (χ1) is 14.8. The standard InChI is InChI=1S/C21H43N3O7S2/c1-8-21(25)22(13-9-15-23(4,5)19(2)11-17-32(26,27)28)14-10-16-24(6,7)20(3)12-18-33(29,30)31/h8,19-20H,1,9-18H2,2-7H3. The van der Waals surface area contributed by atoms with Crippen LogP contribution in [0, 0.1) is 0 Å². The van der Waals surface area contributed by atoms with E-state index in [-0.39, 0.29) is 42.3 Å². The molecule has 0 aromatic carbocycles. The predicted octanol–water partition coefficient (Wildman–Crippen LogP) is 0.582. The SMILES string of the molecule is C=CC(=O)N(CCC[N+](C)(C)C(C)CCS(=O)(=O)[O-])CCC[N+](C)(C)C(C)CCS(=O)(=O)[O-]. The van der Waals surface area contributed by atoms with Gasteiger partial charge in [-0.15, -0.1) is 0 Å². The molecule has 0 aliphatic heterocycles. The summed E-state index contributed by atoms with van der Waals surface area (Å²) in [7, 11) is -0.567. The van der Waals surface area contributed by atoms with E-state index in [0.717, 1.165) is 0 Å². The fourth-order valence-electron chi connectivity index (χ4n) is 3.57. The summed E-state index contributed by atoms with van der Waals surface area (Å²) in [6.07, 6.45) is 3.26. The van der Waals surface area contributed by atoms with Crippen LogP contribution in [0.5, 0.6) is 0 Å². The second kappa shape index (κ2) is 13.1. The molecule has 2 atom stereocenters. The average molecular weight is 514 g/mol. The Bertz CT molecular complexity index is 780. The summed E-state index contributed by atoms with van der Waals surface area (Å²) in [6, 6.07) is -0.0374. The second-order valence-electron chi connectivity index (χ2n) is 10.0. The van der Waals surface area contributed by atoms with Gasteiger partial charge in [0.05, 0.1) is 73.6 Å². The number of hydrogen-bond acceptors (Lipinski definition) is 7. The van der Waals surface area contributed by atoms with Crippen molar-refractivity contribution in [2.24, 2.45) is 0 Å². The molecule has 12 heteroatoms. The van der Waals surface area contributed by atoms with Gasteiger partial charge in [-0.25, -0.2) is 16.8 Å². The van der Waals surface area contributed by atoms with Crippen molar-refractivity contribution in [3.8, 4) is 0 Å². The normalized spacial score (nSPS) is 15.2. The molecule has 0 radical (unpaired) electrons. The van der Waals surface area contributed by atoms with Crippen molar-refractivity contribution in [2.45, 2.75) is 51.6 Å². The highest BCUT2D eigenvalue weighted by molar-refractivity contribution is 7.85. The Labute approximate surface area is 200 Å². The van der Waals surface area contributed by atoms with E-state index in [2.05, 4.69) is 6.58 Å². The zero-order valence-electron chi connectivity index (χ0n) is 21.0. The number of amides is 1. The average Bonchev–Trinajstić information content (AvgIpc) is 2.66. The third-order valence-corrected chi connectivity index (χ3v) is 8.24. The number of hydrogen-bond donors (Lipinski definition) is 0. The highest BCUT2D eigenvalue weighted by atomic mass is 32.2. The topological polar surface area (TPSA) is 135 Å². The van der Waals surface area contributed by atoms with Gasteiger partial charge in [0.15, 0.2) is 0 Å². The third-order valence-electron chi connectivity index (χ3n) is 6.77. The van der Waals surface area contributed by atoms with Gasteiger partial charge >= 0.3 is 0 Å². The van der Waals surface area contributed by atoms with E-state index in [1.54, 1.807) is 4.90 Å². The first-order valence-corrected chi connectivity index (χ1v) is 14.4. The first kappa shape index (κ1) is 31.9. The molecule has 0 rings (SSSR count). The van der Waals surface area contributed by atoms with E-state index in [1.807, 2.05) is 42.0 Å². The molecule has 196 valence electrons. The lowest BCUT2D eigenvalue weighted by atomic mass is 10.1. The minimum absolute atomic E-state index is 0.0187. The van der Waals surface area contributed by atoms with Crippen molar-refractivity contribution in [1.82, 2.24) is 4.90 Å². The lowest BCUT2D eigenvalue weighted by Crippen LogP contribution is -2.50. The monoisotopic (exact) mass is 513 g/mol. The Morgan fingerprint density at radius 3 is 1.45 bits per heavy atom. The van der Waals surface area contributed by atoms with Crippen LogP contribution >= 0.6 is 0 Å². The molecule has 0 saturated carbocycles. The summed E-state index contributed by atoms with van der Waals surface area (Å²) in [6.45, 7) is 9.87. The molecule has 33 heavy (non-hydrogen) atoms. The van der Waals surface area contributed by atoms with Crippen LogP contribution in [-0.4, -0.2) is 124 Å². The van der Waals surface area contributed by atoms with Gasteiger partial charge in [0.1, 0.15) is 0 Å². The van der Waals surface area contributed by atoms with Crippen LogP contribution in [0.25, 0.3) is 0 Å². The van der Waals surface area contributed by atoms with Crippen molar-refractivity contribution >= 4 is 26.1 Å². The molecular formula is C21H43N3O7S2. The van der Waals surface area contributed by atoms with Gasteiger partial charge in [0.2, 0.25) is 5.91 Å². The number of carbonyl (C=O) groups excluding carboxylic acids is 1. The van der Waals surface area contributed by atoms with E-state index < -0.39 is 20.2 Å². The molecule has 0 saturated heterocycles. The Morgan fingerprint density at radius 1 is 0.848 bits per heavy atom. The summed E-state index contributed by atoms with van der Waals surface area (Å²) in [5.74, 6) is -0.935. The van der Waals surface area contributed by atoms with E-state index in [0.29, 0.717) is 48.0 Å². The lowest BCUT2D eigenvalue weighted by Gasteiger charge is -2.38. The second-order valence-corrected chi connectivity index (χ2v) is 13.1. The van der Waals surface area contributed by atoms with Crippen molar-refractivity contribution < 1.29 is 39.7 Å². The summed E-state index contributed by atoms with van der Waals surface area (Å²) in [5.41, 5.74) is 0. The Hall–Kier alpha value is -1.05. The maximum Gasteiger partial charge on any atom is 0.245 e. The van der Waals surface area contributed by atoms with Crippen LogP contribution in [0.4, 0.5) is 0 Å². The summed E-state index contributed by atoms with van der Waals surface area (Å²) in [5, 5.41) is 0. The van der Waals surface area contributed by atoms with Gasteiger partial charge in [0, 0.05) is 50.3 Å². The zero-order chi connectivity index (χ0) is 26.1. The maximum absolute atomic E-state index is 12.3. The van der Waals surface area contributed by atoms with Crippen LogP contribution in [0.1, 0.15) is 39.5 Å². The number of rotatable bonds is 17. The third kappa shape index (κ3) is 14.1. The minimum atomic E-state index is -4.24. The maximum atomic E-state index is 12.3. The summed E-state index contributed by atoms with van der Waals surface area (Å²) in [4.78, 5) is 14.0. The molecule has 0 bridgehead atoms. The van der Waals surface area contributed by atoms with E-state index in [1.165, 1.54) is 6.08 Å². The predicted molar refractivity (Wildman–Crippen MR) is 127 cm³/mol. The Morgan fingerprint density at radius 2 is 1.18 bits per heavy atom. The Kier molecular flexibility index (Phi) is 12.7. The number of nitrogens with zero attached hydrogens (tertiary/aromatic N) is 3. The molecule has 0 aliphatic rings. The van der Waals surface area contributed by atoms with E-state index in [4.69, 9.17) is 0 Å². The van der Waals surface area contributed by atoms with Crippen LogP contribution < -0.4 is 0 Å². The zero-order valence-corrected chi connectivity index (χ0v) is 22.7.